The van der Waals surface area contributed by atoms with Crippen LogP contribution in [0.4, 0.5) is 16.4 Å². The average molecular weight is 460 g/mol. The number of fused-ring (bicyclic) bond motifs is 2. The Bertz CT molecular complexity index is 1200. The molecule has 2 aromatic rings. The minimum atomic E-state index is -0.444. The molecule has 174 valence electrons. The van der Waals surface area contributed by atoms with Gasteiger partial charge in [-0.1, -0.05) is 12.1 Å². The molecule has 3 aliphatic heterocycles. The van der Waals surface area contributed by atoms with Crippen LogP contribution >= 0.6 is 0 Å². The van der Waals surface area contributed by atoms with Gasteiger partial charge in [0, 0.05) is 12.0 Å². The standard InChI is InChI=1S/C24H24N6O4/c25-10-16-3-1-2-15-8-17(9-18(15)16)29-6-4-14(5-7-29)19-12-30(24(32)34-19)20-11-26-23-22(27-20)28-21(31)13-33-23/h1-3,11,14,17,19H,4-9,12-13H2,(H,27,28,31). The van der Waals surface area contributed by atoms with Crippen molar-refractivity contribution in [2.45, 2.75) is 37.8 Å². The number of amides is 2. The number of nitrogens with zero attached hydrogens (tertiary/aromatic N) is 5. The molecular formula is C24H24N6O4. The van der Waals surface area contributed by atoms with E-state index in [-0.39, 0.29) is 36.2 Å². The quantitative estimate of drug-likeness (QED) is 0.737. The predicted molar refractivity (Wildman–Crippen MR) is 120 cm³/mol. The van der Waals surface area contributed by atoms with Crippen molar-refractivity contribution in [2.75, 3.05) is 36.5 Å². The summed E-state index contributed by atoms with van der Waals surface area (Å²) in [6.45, 7) is 2.20. The smallest absolute Gasteiger partial charge is 0.416 e. The van der Waals surface area contributed by atoms with Crippen LogP contribution in [0.15, 0.2) is 24.4 Å². The molecule has 2 unspecified atom stereocenters. The summed E-state index contributed by atoms with van der Waals surface area (Å²) in [5.41, 5.74) is 3.29. The summed E-state index contributed by atoms with van der Waals surface area (Å²) >= 11 is 0. The van der Waals surface area contributed by atoms with Crippen molar-refractivity contribution in [1.82, 2.24) is 14.9 Å². The van der Waals surface area contributed by atoms with Gasteiger partial charge in [0.05, 0.1) is 24.4 Å². The lowest BCUT2D eigenvalue weighted by molar-refractivity contribution is -0.118. The molecule has 2 saturated heterocycles. The highest BCUT2D eigenvalue weighted by Crippen LogP contribution is 2.34. The molecule has 4 heterocycles. The lowest BCUT2D eigenvalue weighted by Gasteiger charge is -2.37. The fourth-order valence-electron chi connectivity index (χ4n) is 5.55. The van der Waals surface area contributed by atoms with E-state index in [2.05, 4.69) is 32.3 Å². The molecule has 2 amide bonds. The van der Waals surface area contributed by atoms with Gasteiger partial charge < -0.3 is 14.8 Å². The van der Waals surface area contributed by atoms with E-state index in [0.29, 0.717) is 18.4 Å². The third-order valence-corrected chi connectivity index (χ3v) is 7.34. The van der Waals surface area contributed by atoms with Crippen molar-refractivity contribution in [2.24, 2.45) is 5.92 Å². The van der Waals surface area contributed by atoms with Gasteiger partial charge >= 0.3 is 6.09 Å². The number of likely N-dealkylation sites (tertiary alicyclic amines) is 1. The number of anilines is 2. The zero-order valence-electron chi connectivity index (χ0n) is 18.6. The molecule has 10 heteroatoms. The van der Waals surface area contributed by atoms with Gasteiger partial charge in [0.1, 0.15) is 6.10 Å². The first-order valence-electron chi connectivity index (χ1n) is 11.6. The van der Waals surface area contributed by atoms with Gasteiger partial charge in [-0.15, -0.1) is 0 Å². The van der Waals surface area contributed by atoms with E-state index in [1.54, 1.807) is 0 Å². The number of cyclic esters (lactones) is 1. The zero-order valence-corrected chi connectivity index (χ0v) is 18.6. The fraction of sp³-hybridized carbons (Fsp3) is 0.458. The van der Waals surface area contributed by atoms with Crippen LogP contribution in [0.1, 0.15) is 29.5 Å². The number of rotatable bonds is 3. The summed E-state index contributed by atoms with van der Waals surface area (Å²) in [7, 11) is 0. The Labute approximate surface area is 196 Å². The van der Waals surface area contributed by atoms with Gasteiger partial charge in [0.15, 0.2) is 18.2 Å². The summed E-state index contributed by atoms with van der Waals surface area (Å²) in [6.07, 6.45) is 4.62. The van der Waals surface area contributed by atoms with E-state index in [9.17, 15) is 14.9 Å². The number of nitriles is 1. The Morgan fingerprint density at radius 1 is 1.18 bits per heavy atom. The molecule has 0 saturated carbocycles. The molecule has 4 aliphatic rings. The van der Waals surface area contributed by atoms with E-state index in [1.807, 2.05) is 12.1 Å². The van der Waals surface area contributed by atoms with E-state index in [1.165, 1.54) is 22.2 Å². The Balaban J connectivity index is 1.08. The average Bonchev–Trinajstić information content (AvgIpc) is 3.47. The summed E-state index contributed by atoms with van der Waals surface area (Å²) in [5.74, 6) is 0.775. The van der Waals surface area contributed by atoms with Gasteiger partial charge in [-0.25, -0.2) is 14.8 Å². The molecule has 1 aliphatic carbocycles. The minimum Gasteiger partial charge on any atom is -0.465 e. The number of ether oxygens (including phenoxy) is 2. The van der Waals surface area contributed by atoms with Gasteiger partial charge in [0.2, 0.25) is 0 Å². The molecule has 0 bridgehead atoms. The third-order valence-electron chi connectivity index (χ3n) is 7.34. The SMILES string of the molecule is N#Cc1cccc2c1CC(N1CCC(C3CN(c4cnc5c(n4)NC(=O)CO5)C(=O)O3)CC1)C2. The predicted octanol–water partition coefficient (Wildman–Crippen LogP) is 1.88. The van der Waals surface area contributed by atoms with Crippen molar-refractivity contribution in [3.8, 4) is 11.9 Å². The van der Waals surface area contributed by atoms with Gasteiger partial charge in [-0.05, 0) is 56.0 Å². The summed E-state index contributed by atoms with van der Waals surface area (Å²) in [5, 5.41) is 12.0. The Hall–Kier alpha value is -3.71. The molecule has 0 spiro atoms. The van der Waals surface area contributed by atoms with Crippen LogP contribution in [0, 0.1) is 17.2 Å². The van der Waals surface area contributed by atoms with Crippen molar-refractivity contribution >= 4 is 23.6 Å². The van der Waals surface area contributed by atoms with Crippen LogP contribution in [-0.2, 0) is 22.4 Å². The van der Waals surface area contributed by atoms with Gasteiger partial charge in [0.25, 0.3) is 11.8 Å². The Morgan fingerprint density at radius 2 is 2.03 bits per heavy atom. The van der Waals surface area contributed by atoms with Crippen molar-refractivity contribution in [3.05, 3.63) is 41.1 Å². The maximum Gasteiger partial charge on any atom is 0.416 e. The largest absolute Gasteiger partial charge is 0.465 e. The molecule has 34 heavy (non-hydrogen) atoms. The maximum atomic E-state index is 12.6. The second-order valence-electron chi connectivity index (χ2n) is 9.24. The van der Waals surface area contributed by atoms with Crippen molar-refractivity contribution < 1.29 is 19.1 Å². The topological polar surface area (TPSA) is 121 Å². The Kier molecular flexibility index (Phi) is 5.07. The molecule has 1 aromatic carbocycles. The number of carbonyl (C=O) groups excluding carboxylic acids is 2. The number of hydrogen-bond donors (Lipinski definition) is 1. The highest BCUT2D eigenvalue weighted by Gasteiger charge is 2.41. The van der Waals surface area contributed by atoms with Crippen molar-refractivity contribution in [3.63, 3.8) is 0 Å². The highest BCUT2D eigenvalue weighted by atomic mass is 16.6. The number of hydrogen-bond acceptors (Lipinski definition) is 8. The van der Waals surface area contributed by atoms with Gasteiger partial charge in [-0.2, -0.15) is 5.26 Å². The summed E-state index contributed by atoms with van der Waals surface area (Å²) < 4.78 is 11.0. The molecule has 10 nitrogen and oxygen atoms in total. The number of aromatic nitrogens is 2. The van der Waals surface area contributed by atoms with Crippen LogP contribution < -0.4 is 15.0 Å². The van der Waals surface area contributed by atoms with Crippen LogP contribution in [0.3, 0.4) is 0 Å². The first-order chi connectivity index (χ1) is 16.6. The number of benzene rings is 1. The molecule has 1 N–H and O–H groups in total. The third kappa shape index (κ3) is 3.62. The number of nitrogens with one attached hydrogen (secondary N) is 1. The molecule has 0 radical (unpaired) electrons. The van der Waals surface area contributed by atoms with Crippen LogP contribution in [-0.4, -0.2) is 65.3 Å². The molecule has 2 atom stereocenters. The Morgan fingerprint density at radius 3 is 2.85 bits per heavy atom. The monoisotopic (exact) mass is 460 g/mol. The second-order valence-corrected chi connectivity index (χ2v) is 9.24. The molecular weight excluding hydrogens is 436 g/mol. The fourth-order valence-corrected chi connectivity index (χ4v) is 5.55. The van der Waals surface area contributed by atoms with E-state index in [4.69, 9.17) is 9.47 Å². The molecule has 1 aromatic heterocycles. The molecule has 2 fully saturated rings. The van der Waals surface area contributed by atoms with E-state index >= 15 is 0 Å². The minimum absolute atomic E-state index is 0.0972. The van der Waals surface area contributed by atoms with Crippen LogP contribution in [0.5, 0.6) is 5.88 Å². The number of carbonyl (C=O) groups is 2. The van der Waals surface area contributed by atoms with E-state index in [0.717, 1.165) is 44.3 Å². The zero-order chi connectivity index (χ0) is 23.2. The van der Waals surface area contributed by atoms with Crippen LogP contribution in [0.25, 0.3) is 0 Å². The van der Waals surface area contributed by atoms with E-state index < -0.39 is 6.09 Å². The first kappa shape index (κ1) is 20.9. The lowest BCUT2D eigenvalue weighted by Crippen LogP contribution is -2.44. The normalized spacial score (nSPS) is 24.6. The van der Waals surface area contributed by atoms with Crippen LogP contribution in [0.2, 0.25) is 0 Å². The summed E-state index contributed by atoms with van der Waals surface area (Å²) in [4.78, 5) is 36.7. The van der Waals surface area contributed by atoms with Gasteiger partial charge in [-0.3, -0.25) is 14.6 Å². The molecule has 6 rings (SSSR count). The lowest BCUT2D eigenvalue weighted by atomic mass is 9.90. The first-order valence-corrected chi connectivity index (χ1v) is 11.6. The number of piperidine rings is 1. The maximum absolute atomic E-state index is 12.6. The summed E-state index contributed by atoms with van der Waals surface area (Å²) in [6, 6.07) is 8.77. The second kappa shape index (κ2) is 8.25. The highest BCUT2D eigenvalue weighted by molar-refractivity contribution is 5.94. The van der Waals surface area contributed by atoms with Crippen molar-refractivity contribution in [1.29, 1.82) is 5.26 Å².